The third-order valence-electron chi connectivity index (χ3n) is 6.76. The fourth-order valence-corrected chi connectivity index (χ4v) is 4.70. The zero-order valence-corrected chi connectivity index (χ0v) is 23.4. The number of aromatic amines is 1. The Hall–Kier alpha value is -4.93. The summed E-state index contributed by atoms with van der Waals surface area (Å²) in [7, 11) is 1.55. The number of hydrogen-bond acceptors (Lipinski definition) is 9. The molecule has 0 bridgehead atoms. The van der Waals surface area contributed by atoms with E-state index in [1.54, 1.807) is 30.3 Å². The van der Waals surface area contributed by atoms with Crippen molar-refractivity contribution < 1.29 is 9.26 Å². The minimum atomic E-state index is -0.629. The van der Waals surface area contributed by atoms with Crippen LogP contribution in [0.3, 0.4) is 0 Å². The Morgan fingerprint density at radius 1 is 1.00 bits per heavy atom. The standard InChI is InChI=1S/C30H31N7O4/c1-5-6-11-24-25(18(2)3)29(38)37(28(34-24)27-32-15-20(40-4)16-33-27)17-19-12-13-23(31-14-19)21-9-7-8-10-22(21)26-35-30(39)41-36-26/h7-10,12-16,18H,5-6,11,17H2,1-4H3,(H,35,36,39). The largest absolute Gasteiger partial charge is 0.494 e. The fraction of sp³-hybridized carbons (Fsp3) is 0.300. The molecule has 0 saturated carbocycles. The van der Waals surface area contributed by atoms with Crippen LogP contribution in [0.15, 0.2) is 69.1 Å². The first-order valence-electron chi connectivity index (χ1n) is 13.5. The molecule has 0 fully saturated rings. The summed E-state index contributed by atoms with van der Waals surface area (Å²) in [6, 6.07) is 11.2. The average molecular weight is 554 g/mol. The van der Waals surface area contributed by atoms with Crippen molar-refractivity contribution in [2.75, 3.05) is 7.11 Å². The van der Waals surface area contributed by atoms with Crippen LogP contribution in [-0.4, -0.2) is 41.8 Å². The van der Waals surface area contributed by atoms with Crippen molar-refractivity contribution in [3.8, 4) is 40.0 Å². The summed E-state index contributed by atoms with van der Waals surface area (Å²) >= 11 is 0. The highest BCUT2D eigenvalue weighted by Gasteiger charge is 2.22. The van der Waals surface area contributed by atoms with Gasteiger partial charge in [-0.05, 0) is 30.4 Å². The number of hydrogen-bond donors (Lipinski definition) is 1. The second kappa shape index (κ2) is 12.1. The van der Waals surface area contributed by atoms with Gasteiger partial charge in [0.05, 0.1) is 37.4 Å². The van der Waals surface area contributed by atoms with Crippen molar-refractivity contribution in [1.82, 2.24) is 34.6 Å². The van der Waals surface area contributed by atoms with Crippen molar-refractivity contribution in [2.45, 2.75) is 52.5 Å². The number of aryl methyl sites for hydroxylation is 1. The highest BCUT2D eigenvalue weighted by molar-refractivity contribution is 5.78. The Balaban J connectivity index is 1.56. The van der Waals surface area contributed by atoms with Gasteiger partial charge in [0.2, 0.25) is 0 Å². The van der Waals surface area contributed by atoms with Crippen molar-refractivity contribution in [2.24, 2.45) is 0 Å². The molecule has 0 radical (unpaired) electrons. The van der Waals surface area contributed by atoms with E-state index in [-0.39, 0.29) is 18.0 Å². The first kappa shape index (κ1) is 27.6. The molecule has 11 nitrogen and oxygen atoms in total. The molecule has 41 heavy (non-hydrogen) atoms. The van der Waals surface area contributed by atoms with E-state index in [2.05, 4.69) is 36.5 Å². The second-order valence-electron chi connectivity index (χ2n) is 9.93. The molecule has 0 amide bonds. The summed E-state index contributed by atoms with van der Waals surface area (Å²) < 4.78 is 11.5. The molecule has 11 heteroatoms. The van der Waals surface area contributed by atoms with Crippen molar-refractivity contribution >= 4 is 0 Å². The number of nitrogens with zero attached hydrogens (tertiary/aromatic N) is 6. The minimum absolute atomic E-state index is 0.00100. The number of unbranched alkanes of at least 4 members (excludes halogenated alkanes) is 1. The van der Waals surface area contributed by atoms with Gasteiger partial charge in [-0.2, -0.15) is 0 Å². The Bertz CT molecular complexity index is 1750. The highest BCUT2D eigenvalue weighted by atomic mass is 16.5. The lowest BCUT2D eigenvalue weighted by molar-refractivity contribution is 0.388. The van der Waals surface area contributed by atoms with E-state index in [0.29, 0.717) is 46.5 Å². The minimum Gasteiger partial charge on any atom is -0.494 e. The van der Waals surface area contributed by atoms with Gasteiger partial charge in [0.25, 0.3) is 5.56 Å². The van der Waals surface area contributed by atoms with Crippen LogP contribution in [0.2, 0.25) is 0 Å². The molecule has 0 aliphatic heterocycles. The zero-order valence-electron chi connectivity index (χ0n) is 23.4. The SMILES string of the molecule is CCCCc1nc(-c2ncc(OC)cn2)n(Cc2ccc(-c3ccccc3-c3noc(=O)[nH]3)nc2)c(=O)c1C(C)C. The lowest BCUT2D eigenvalue weighted by Gasteiger charge is -2.18. The van der Waals surface area contributed by atoms with Crippen LogP contribution in [0.25, 0.3) is 34.3 Å². The lowest BCUT2D eigenvalue weighted by atomic mass is 9.99. The molecule has 0 spiro atoms. The molecule has 0 unspecified atom stereocenters. The lowest BCUT2D eigenvalue weighted by Crippen LogP contribution is -2.30. The van der Waals surface area contributed by atoms with E-state index in [4.69, 9.17) is 9.72 Å². The Kier molecular flexibility index (Phi) is 8.14. The third-order valence-corrected chi connectivity index (χ3v) is 6.76. The summed E-state index contributed by atoms with van der Waals surface area (Å²) in [5, 5.41) is 3.82. The number of benzene rings is 1. The van der Waals surface area contributed by atoms with E-state index in [1.807, 2.05) is 50.2 Å². The van der Waals surface area contributed by atoms with Gasteiger partial charge in [-0.3, -0.25) is 23.9 Å². The molecule has 0 aliphatic carbocycles. The predicted molar refractivity (Wildman–Crippen MR) is 154 cm³/mol. The maximum atomic E-state index is 14.0. The Morgan fingerprint density at radius 2 is 1.76 bits per heavy atom. The molecule has 0 saturated heterocycles. The number of nitrogens with one attached hydrogen (secondary N) is 1. The number of H-pyrrole nitrogens is 1. The fourth-order valence-electron chi connectivity index (χ4n) is 4.70. The smallest absolute Gasteiger partial charge is 0.439 e. The van der Waals surface area contributed by atoms with Crippen LogP contribution in [0.1, 0.15) is 56.4 Å². The summed E-state index contributed by atoms with van der Waals surface area (Å²) in [5.74, 6) is 0.952. The van der Waals surface area contributed by atoms with Gasteiger partial charge in [-0.15, -0.1) is 0 Å². The number of pyridine rings is 1. The molecule has 1 aromatic carbocycles. The van der Waals surface area contributed by atoms with Crippen LogP contribution in [0.5, 0.6) is 5.75 Å². The summed E-state index contributed by atoms with van der Waals surface area (Å²) in [6.45, 7) is 6.37. The average Bonchev–Trinajstić information content (AvgIpc) is 3.43. The maximum absolute atomic E-state index is 14.0. The Morgan fingerprint density at radius 3 is 2.37 bits per heavy atom. The van der Waals surface area contributed by atoms with Gasteiger partial charge in [0.1, 0.15) is 0 Å². The molecule has 1 N–H and O–H groups in total. The quantitative estimate of drug-likeness (QED) is 0.262. The number of aromatic nitrogens is 7. The summed E-state index contributed by atoms with van der Waals surface area (Å²) in [6.07, 6.45) is 7.48. The number of ether oxygens (including phenoxy) is 1. The van der Waals surface area contributed by atoms with Crippen LogP contribution in [0.4, 0.5) is 0 Å². The van der Waals surface area contributed by atoms with Crippen molar-refractivity contribution in [1.29, 1.82) is 0 Å². The Labute approximate surface area is 236 Å². The third kappa shape index (κ3) is 5.84. The van der Waals surface area contributed by atoms with E-state index < -0.39 is 5.76 Å². The molecule has 0 atom stereocenters. The summed E-state index contributed by atoms with van der Waals surface area (Å²) in [5.41, 5.74) is 4.31. The maximum Gasteiger partial charge on any atom is 0.439 e. The molecule has 0 aliphatic rings. The normalized spacial score (nSPS) is 11.2. The van der Waals surface area contributed by atoms with Gasteiger partial charge in [0.15, 0.2) is 23.2 Å². The molecule has 5 rings (SSSR count). The summed E-state index contributed by atoms with van der Waals surface area (Å²) in [4.78, 5) is 46.6. The molecule has 5 aromatic rings. The topological polar surface area (TPSA) is 142 Å². The van der Waals surface area contributed by atoms with E-state index in [1.165, 1.54) is 0 Å². The van der Waals surface area contributed by atoms with Crippen LogP contribution < -0.4 is 16.1 Å². The molecular formula is C30H31N7O4. The monoisotopic (exact) mass is 553 g/mol. The molecule has 210 valence electrons. The van der Waals surface area contributed by atoms with Crippen LogP contribution in [-0.2, 0) is 13.0 Å². The number of rotatable bonds is 10. The van der Waals surface area contributed by atoms with Gasteiger partial charge >= 0.3 is 5.76 Å². The van der Waals surface area contributed by atoms with Crippen LogP contribution >= 0.6 is 0 Å². The van der Waals surface area contributed by atoms with Crippen molar-refractivity contribution in [3.63, 3.8) is 0 Å². The predicted octanol–water partition coefficient (Wildman–Crippen LogP) is 4.63. The van der Waals surface area contributed by atoms with Crippen LogP contribution in [0, 0.1) is 0 Å². The highest BCUT2D eigenvalue weighted by Crippen LogP contribution is 2.29. The number of methoxy groups -OCH3 is 1. The van der Waals surface area contributed by atoms with Gasteiger partial charge < -0.3 is 4.74 Å². The molecule has 4 heterocycles. The molecule has 4 aromatic heterocycles. The first-order valence-corrected chi connectivity index (χ1v) is 13.5. The molecular weight excluding hydrogens is 522 g/mol. The van der Waals surface area contributed by atoms with Crippen molar-refractivity contribution in [3.05, 3.63) is 92.7 Å². The van der Waals surface area contributed by atoms with Gasteiger partial charge in [-0.25, -0.2) is 19.7 Å². The van der Waals surface area contributed by atoms with E-state index in [9.17, 15) is 9.59 Å². The zero-order chi connectivity index (χ0) is 28.9. The van der Waals surface area contributed by atoms with Gasteiger partial charge in [-0.1, -0.05) is 62.7 Å². The second-order valence-corrected chi connectivity index (χ2v) is 9.93. The van der Waals surface area contributed by atoms with Gasteiger partial charge in [0, 0.05) is 22.9 Å². The first-order chi connectivity index (χ1) is 19.9. The van der Waals surface area contributed by atoms with E-state index >= 15 is 0 Å². The van der Waals surface area contributed by atoms with E-state index in [0.717, 1.165) is 29.7 Å².